The van der Waals surface area contributed by atoms with E-state index in [1.807, 2.05) is 7.05 Å². The van der Waals surface area contributed by atoms with Crippen molar-refractivity contribution in [1.82, 2.24) is 5.32 Å². The van der Waals surface area contributed by atoms with E-state index in [-0.39, 0.29) is 0 Å². The van der Waals surface area contributed by atoms with Crippen LogP contribution in [0.1, 0.15) is 33.1 Å². The van der Waals surface area contributed by atoms with Gasteiger partial charge in [-0.2, -0.15) is 0 Å². The van der Waals surface area contributed by atoms with E-state index in [9.17, 15) is 0 Å². The zero-order valence-corrected chi connectivity index (χ0v) is 9.22. The van der Waals surface area contributed by atoms with E-state index in [0.29, 0.717) is 17.9 Å². The van der Waals surface area contributed by atoms with Crippen LogP contribution in [-0.4, -0.2) is 19.6 Å². The van der Waals surface area contributed by atoms with Gasteiger partial charge in [-0.3, -0.25) is 0 Å². The molecule has 1 aliphatic rings. The fourth-order valence-electron chi connectivity index (χ4n) is 2.23. The van der Waals surface area contributed by atoms with Crippen LogP contribution >= 0.6 is 0 Å². The van der Waals surface area contributed by atoms with Gasteiger partial charge < -0.3 is 11.1 Å². The smallest absolute Gasteiger partial charge is 0.0110 e. The Morgan fingerprint density at radius 1 is 1.38 bits per heavy atom. The predicted octanol–water partition coefficient (Wildman–Crippen LogP) is 1.61. The van der Waals surface area contributed by atoms with E-state index in [1.165, 1.54) is 19.3 Å². The highest BCUT2D eigenvalue weighted by atomic mass is 14.8. The first kappa shape index (κ1) is 11.0. The van der Waals surface area contributed by atoms with Crippen molar-refractivity contribution in [3.05, 3.63) is 0 Å². The van der Waals surface area contributed by atoms with Gasteiger partial charge in [-0.05, 0) is 44.2 Å². The van der Waals surface area contributed by atoms with Crippen LogP contribution in [0.15, 0.2) is 0 Å². The minimum absolute atomic E-state index is 0.418. The number of hydrogen-bond donors (Lipinski definition) is 2. The average molecular weight is 184 g/mol. The number of nitrogens with two attached hydrogens (primary N) is 1. The Bertz CT molecular complexity index is 141. The number of nitrogens with one attached hydrogen (secondary N) is 1. The van der Waals surface area contributed by atoms with Crippen LogP contribution in [0.4, 0.5) is 0 Å². The second-order valence-electron chi connectivity index (χ2n) is 4.73. The van der Waals surface area contributed by atoms with Crippen LogP contribution < -0.4 is 11.1 Å². The van der Waals surface area contributed by atoms with Crippen molar-refractivity contribution in [2.75, 3.05) is 13.6 Å². The summed E-state index contributed by atoms with van der Waals surface area (Å²) in [7, 11) is 2.02. The molecule has 0 amide bonds. The molecule has 2 heteroatoms. The van der Waals surface area contributed by atoms with Crippen LogP contribution in [0.25, 0.3) is 0 Å². The fraction of sp³-hybridized carbons (Fsp3) is 1.00. The van der Waals surface area contributed by atoms with Gasteiger partial charge in [0.2, 0.25) is 0 Å². The molecule has 0 bridgehead atoms. The van der Waals surface area contributed by atoms with Crippen LogP contribution in [0.3, 0.4) is 0 Å². The van der Waals surface area contributed by atoms with Crippen molar-refractivity contribution in [3.8, 4) is 0 Å². The molecule has 1 rings (SSSR count). The molecule has 13 heavy (non-hydrogen) atoms. The standard InChI is InChI=1S/C11H24N2/c1-8(2)10(7-13-3)11(12)9-5-4-6-9/h8-11,13H,4-7,12H2,1-3H3. The lowest BCUT2D eigenvalue weighted by Gasteiger charge is -2.38. The molecule has 0 radical (unpaired) electrons. The van der Waals surface area contributed by atoms with Crippen molar-refractivity contribution in [2.45, 2.75) is 39.2 Å². The number of rotatable bonds is 5. The van der Waals surface area contributed by atoms with E-state index < -0.39 is 0 Å². The molecule has 1 fully saturated rings. The Labute approximate surface area is 82.3 Å². The second kappa shape index (κ2) is 4.97. The van der Waals surface area contributed by atoms with Crippen molar-refractivity contribution in [3.63, 3.8) is 0 Å². The largest absolute Gasteiger partial charge is 0.327 e. The molecule has 2 nitrogen and oxygen atoms in total. The summed E-state index contributed by atoms with van der Waals surface area (Å²) in [6.07, 6.45) is 4.10. The van der Waals surface area contributed by atoms with E-state index in [2.05, 4.69) is 19.2 Å². The Hall–Kier alpha value is -0.0800. The van der Waals surface area contributed by atoms with Crippen molar-refractivity contribution in [2.24, 2.45) is 23.5 Å². The van der Waals surface area contributed by atoms with Crippen LogP contribution in [0.5, 0.6) is 0 Å². The average Bonchev–Trinajstić information content (AvgIpc) is 1.95. The topological polar surface area (TPSA) is 38.0 Å². The maximum Gasteiger partial charge on any atom is 0.0110 e. The third-order valence-corrected chi connectivity index (χ3v) is 3.48. The van der Waals surface area contributed by atoms with Crippen LogP contribution in [-0.2, 0) is 0 Å². The van der Waals surface area contributed by atoms with Crippen molar-refractivity contribution < 1.29 is 0 Å². The van der Waals surface area contributed by atoms with E-state index in [0.717, 1.165) is 12.5 Å². The third kappa shape index (κ3) is 2.68. The molecule has 0 aromatic heterocycles. The van der Waals surface area contributed by atoms with Crippen LogP contribution in [0.2, 0.25) is 0 Å². The van der Waals surface area contributed by atoms with Gasteiger partial charge in [-0.1, -0.05) is 20.3 Å². The zero-order valence-electron chi connectivity index (χ0n) is 9.22. The van der Waals surface area contributed by atoms with E-state index in [4.69, 9.17) is 5.73 Å². The lowest BCUT2D eigenvalue weighted by Crippen LogP contribution is -2.46. The first-order valence-corrected chi connectivity index (χ1v) is 5.57. The second-order valence-corrected chi connectivity index (χ2v) is 4.73. The first-order chi connectivity index (χ1) is 6.16. The fourth-order valence-corrected chi connectivity index (χ4v) is 2.23. The number of hydrogen-bond acceptors (Lipinski definition) is 2. The normalized spacial score (nSPS) is 22.8. The Morgan fingerprint density at radius 3 is 2.31 bits per heavy atom. The van der Waals surface area contributed by atoms with Gasteiger partial charge in [0.15, 0.2) is 0 Å². The highest BCUT2D eigenvalue weighted by Crippen LogP contribution is 2.33. The SMILES string of the molecule is CNCC(C(C)C)C(N)C1CCC1. The molecule has 0 aliphatic heterocycles. The lowest BCUT2D eigenvalue weighted by atomic mass is 9.72. The molecule has 1 aliphatic carbocycles. The zero-order chi connectivity index (χ0) is 9.84. The summed E-state index contributed by atoms with van der Waals surface area (Å²) in [6.45, 7) is 5.62. The Balaban J connectivity index is 2.41. The summed E-state index contributed by atoms with van der Waals surface area (Å²) in [5.41, 5.74) is 6.27. The Kier molecular flexibility index (Phi) is 4.20. The van der Waals surface area contributed by atoms with Gasteiger partial charge >= 0.3 is 0 Å². The minimum atomic E-state index is 0.418. The molecule has 0 saturated heterocycles. The molecule has 2 atom stereocenters. The third-order valence-electron chi connectivity index (χ3n) is 3.48. The van der Waals surface area contributed by atoms with Gasteiger partial charge in [0.05, 0.1) is 0 Å². The molecule has 0 heterocycles. The molecular formula is C11H24N2. The molecular weight excluding hydrogens is 160 g/mol. The maximum absolute atomic E-state index is 6.27. The van der Waals surface area contributed by atoms with Crippen LogP contribution in [0, 0.1) is 17.8 Å². The predicted molar refractivity (Wildman–Crippen MR) is 57.6 cm³/mol. The van der Waals surface area contributed by atoms with E-state index >= 15 is 0 Å². The van der Waals surface area contributed by atoms with Gasteiger partial charge in [0.25, 0.3) is 0 Å². The summed E-state index contributed by atoms with van der Waals surface area (Å²) < 4.78 is 0. The summed E-state index contributed by atoms with van der Waals surface area (Å²) in [5, 5.41) is 3.25. The summed E-state index contributed by atoms with van der Waals surface area (Å²) in [4.78, 5) is 0. The maximum atomic E-state index is 6.27. The molecule has 0 aromatic carbocycles. The molecule has 3 N–H and O–H groups in total. The highest BCUT2D eigenvalue weighted by molar-refractivity contribution is 4.87. The highest BCUT2D eigenvalue weighted by Gasteiger charge is 2.31. The molecule has 2 unspecified atom stereocenters. The molecule has 0 spiro atoms. The summed E-state index contributed by atoms with van der Waals surface area (Å²) in [5.74, 6) is 2.15. The van der Waals surface area contributed by atoms with Gasteiger partial charge in [0.1, 0.15) is 0 Å². The molecule has 1 saturated carbocycles. The summed E-state index contributed by atoms with van der Waals surface area (Å²) in [6, 6.07) is 0.418. The molecule has 0 aromatic rings. The summed E-state index contributed by atoms with van der Waals surface area (Å²) >= 11 is 0. The Morgan fingerprint density at radius 2 is 2.00 bits per heavy atom. The van der Waals surface area contributed by atoms with E-state index in [1.54, 1.807) is 0 Å². The van der Waals surface area contributed by atoms with Gasteiger partial charge in [-0.15, -0.1) is 0 Å². The van der Waals surface area contributed by atoms with Crippen molar-refractivity contribution >= 4 is 0 Å². The molecule has 78 valence electrons. The van der Waals surface area contributed by atoms with Gasteiger partial charge in [-0.25, -0.2) is 0 Å². The lowest BCUT2D eigenvalue weighted by molar-refractivity contribution is 0.175. The first-order valence-electron chi connectivity index (χ1n) is 5.57. The quantitative estimate of drug-likeness (QED) is 0.681. The van der Waals surface area contributed by atoms with Gasteiger partial charge in [0, 0.05) is 6.04 Å². The van der Waals surface area contributed by atoms with Crippen molar-refractivity contribution in [1.29, 1.82) is 0 Å². The minimum Gasteiger partial charge on any atom is -0.327 e. The monoisotopic (exact) mass is 184 g/mol.